The predicted octanol–water partition coefficient (Wildman–Crippen LogP) is 2.18. The van der Waals surface area contributed by atoms with Crippen LogP contribution in [0.5, 0.6) is 0 Å². The quantitative estimate of drug-likeness (QED) is 0.432. The van der Waals surface area contributed by atoms with Gasteiger partial charge in [0.1, 0.15) is 0 Å². The van der Waals surface area contributed by atoms with Crippen LogP contribution in [0.3, 0.4) is 0 Å². The molecule has 0 aliphatic carbocycles. The minimum Gasteiger partial charge on any atom is -0.382 e. The molecule has 0 saturated heterocycles. The van der Waals surface area contributed by atoms with E-state index < -0.39 is 0 Å². The summed E-state index contributed by atoms with van der Waals surface area (Å²) in [6.07, 6.45) is 0.949. The van der Waals surface area contributed by atoms with Gasteiger partial charge in [0.25, 0.3) is 0 Å². The highest BCUT2D eigenvalue weighted by Crippen LogP contribution is 2.20. The third-order valence-electron chi connectivity index (χ3n) is 2.54. The summed E-state index contributed by atoms with van der Waals surface area (Å²) in [5, 5.41) is 5.18. The van der Waals surface area contributed by atoms with Crippen LogP contribution >= 0.6 is 11.3 Å². The molecule has 0 radical (unpaired) electrons. The lowest BCUT2D eigenvalue weighted by atomic mass is 10.1. The van der Waals surface area contributed by atoms with Crippen molar-refractivity contribution in [2.75, 3.05) is 26.3 Å². The fourth-order valence-corrected chi connectivity index (χ4v) is 2.27. The van der Waals surface area contributed by atoms with Crippen LogP contribution in [0.4, 0.5) is 0 Å². The second kappa shape index (κ2) is 8.94. The molecule has 0 aliphatic rings. The maximum atomic E-state index is 5.79. The van der Waals surface area contributed by atoms with Gasteiger partial charge in [0.05, 0.1) is 6.54 Å². The van der Waals surface area contributed by atoms with Gasteiger partial charge >= 0.3 is 0 Å². The molecule has 0 spiro atoms. The summed E-state index contributed by atoms with van der Waals surface area (Å²) in [6.45, 7) is 7.23. The third kappa shape index (κ3) is 6.02. The second-order valence-electron chi connectivity index (χ2n) is 4.12. The van der Waals surface area contributed by atoms with Crippen molar-refractivity contribution in [3.05, 3.63) is 22.4 Å². The van der Waals surface area contributed by atoms with Gasteiger partial charge in [0, 0.05) is 30.6 Å². The number of nitrogens with zero attached hydrogens (tertiary/aromatic N) is 1. The minimum atomic E-state index is 0.425. The van der Waals surface area contributed by atoms with Crippen LogP contribution in [0.25, 0.3) is 0 Å². The molecule has 0 aliphatic heterocycles. The molecule has 102 valence electrons. The Morgan fingerprint density at radius 2 is 2.44 bits per heavy atom. The van der Waals surface area contributed by atoms with Crippen LogP contribution in [0.2, 0.25) is 0 Å². The molecule has 1 rings (SSSR count). The van der Waals surface area contributed by atoms with Gasteiger partial charge in [-0.15, -0.1) is 11.3 Å². The van der Waals surface area contributed by atoms with E-state index in [0.717, 1.165) is 32.7 Å². The van der Waals surface area contributed by atoms with E-state index in [2.05, 4.69) is 34.7 Å². The number of hydrogen-bond donors (Lipinski definition) is 2. The van der Waals surface area contributed by atoms with E-state index in [4.69, 9.17) is 10.5 Å². The first-order valence-corrected chi connectivity index (χ1v) is 7.27. The van der Waals surface area contributed by atoms with Crippen LogP contribution in [0.1, 0.15) is 31.1 Å². The molecule has 1 heterocycles. The number of nitrogens with two attached hydrogens (primary N) is 1. The van der Waals surface area contributed by atoms with Crippen LogP contribution in [0, 0.1) is 0 Å². The molecule has 1 unspecified atom stereocenters. The third-order valence-corrected chi connectivity index (χ3v) is 3.64. The number of guanidine groups is 1. The summed E-state index contributed by atoms with van der Waals surface area (Å²) in [5.74, 6) is 0.948. The van der Waals surface area contributed by atoms with E-state index in [1.165, 1.54) is 4.88 Å². The van der Waals surface area contributed by atoms with Crippen molar-refractivity contribution in [1.29, 1.82) is 0 Å². The lowest BCUT2D eigenvalue weighted by Gasteiger charge is -2.08. The Labute approximate surface area is 113 Å². The van der Waals surface area contributed by atoms with E-state index in [9.17, 15) is 0 Å². The predicted molar refractivity (Wildman–Crippen MR) is 78.3 cm³/mol. The molecule has 1 aromatic rings. The molecule has 0 fully saturated rings. The highest BCUT2D eigenvalue weighted by molar-refractivity contribution is 7.10. The zero-order valence-electron chi connectivity index (χ0n) is 11.2. The number of thiophene rings is 1. The number of ether oxygens (including phenoxy) is 1. The summed E-state index contributed by atoms with van der Waals surface area (Å²) in [5.41, 5.74) is 5.79. The fourth-order valence-electron chi connectivity index (χ4n) is 1.49. The molecule has 0 amide bonds. The molecular formula is C13H23N3OS. The van der Waals surface area contributed by atoms with Crippen LogP contribution in [-0.2, 0) is 4.74 Å². The van der Waals surface area contributed by atoms with Crippen LogP contribution in [-0.4, -0.2) is 32.3 Å². The van der Waals surface area contributed by atoms with Crippen molar-refractivity contribution in [2.45, 2.75) is 26.2 Å². The van der Waals surface area contributed by atoms with E-state index in [1.54, 1.807) is 11.3 Å². The molecule has 0 saturated carbocycles. The Bertz CT molecular complexity index is 338. The van der Waals surface area contributed by atoms with Crippen molar-refractivity contribution < 1.29 is 4.74 Å². The van der Waals surface area contributed by atoms with E-state index in [-0.39, 0.29) is 0 Å². The Balaban J connectivity index is 2.17. The minimum absolute atomic E-state index is 0.425. The molecule has 1 atom stereocenters. The summed E-state index contributed by atoms with van der Waals surface area (Å²) >= 11 is 1.76. The summed E-state index contributed by atoms with van der Waals surface area (Å²) < 4.78 is 5.24. The molecule has 3 N–H and O–H groups in total. The molecule has 18 heavy (non-hydrogen) atoms. The largest absolute Gasteiger partial charge is 0.382 e. The monoisotopic (exact) mass is 269 g/mol. The van der Waals surface area contributed by atoms with E-state index in [1.807, 2.05) is 6.92 Å². The molecule has 1 aromatic heterocycles. The number of rotatable bonds is 8. The average molecular weight is 269 g/mol. The van der Waals surface area contributed by atoms with E-state index >= 15 is 0 Å². The SMILES string of the molecule is CCOCCCNC(N)=NCC(C)c1cccs1. The molecule has 5 heteroatoms. The average Bonchev–Trinajstić information content (AvgIpc) is 2.89. The van der Waals surface area contributed by atoms with Gasteiger partial charge in [-0.2, -0.15) is 0 Å². The Kier molecular flexibility index (Phi) is 7.44. The summed E-state index contributed by atoms with van der Waals surface area (Å²) in [4.78, 5) is 5.70. The van der Waals surface area contributed by atoms with Gasteiger partial charge in [-0.05, 0) is 24.8 Å². The zero-order chi connectivity index (χ0) is 13.2. The fraction of sp³-hybridized carbons (Fsp3) is 0.615. The molecule has 0 bridgehead atoms. The Morgan fingerprint density at radius 1 is 1.61 bits per heavy atom. The molecule has 0 aromatic carbocycles. The lowest BCUT2D eigenvalue weighted by molar-refractivity contribution is 0.145. The van der Waals surface area contributed by atoms with Crippen molar-refractivity contribution in [2.24, 2.45) is 10.7 Å². The number of aliphatic imine (C=N–C) groups is 1. The van der Waals surface area contributed by atoms with Crippen molar-refractivity contribution >= 4 is 17.3 Å². The van der Waals surface area contributed by atoms with Crippen molar-refractivity contribution in [3.63, 3.8) is 0 Å². The number of hydrogen-bond acceptors (Lipinski definition) is 3. The van der Waals surface area contributed by atoms with E-state index in [0.29, 0.717) is 11.9 Å². The summed E-state index contributed by atoms with van der Waals surface area (Å²) in [7, 11) is 0. The Hall–Kier alpha value is -1.07. The highest BCUT2D eigenvalue weighted by Gasteiger charge is 2.05. The van der Waals surface area contributed by atoms with Gasteiger partial charge in [-0.1, -0.05) is 13.0 Å². The van der Waals surface area contributed by atoms with Crippen molar-refractivity contribution in [3.8, 4) is 0 Å². The van der Waals surface area contributed by atoms with Gasteiger partial charge in [0.15, 0.2) is 5.96 Å². The smallest absolute Gasteiger partial charge is 0.188 e. The Morgan fingerprint density at radius 3 is 3.11 bits per heavy atom. The number of nitrogens with one attached hydrogen (secondary N) is 1. The first kappa shape index (κ1) is 15.0. The topological polar surface area (TPSA) is 59.6 Å². The standard InChI is InChI=1S/C13H23N3OS/c1-3-17-8-5-7-15-13(14)16-10-11(2)12-6-4-9-18-12/h4,6,9,11H,3,5,7-8,10H2,1-2H3,(H3,14,15,16). The van der Waals surface area contributed by atoms with Gasteiger partial charge in [-0.3, -0.25) is 4.99 Å². The first-order valence-electron chi connectivity index (χ1n) is 6.39. The highest BCUT2D eigenvalue weighted by atomic mass is 32.1. The van der Waals surface area contributed by atoms with Gasteiger partial charge < -0.3 is 15.8 Å². The normalized spacial score (nSPS) is 13.6. The van der Waals surface area contributed by atoms with Crippen LogP contribution < -0.4 is 11.1 Å². The summed E-state index contributed by atoms with van der Waals surface area (Å²) in [6, 6.07) is 4.20. The maximum absolute atomic E-state index is 5.79. The first-order chi connectivity index (χ1) is 8.74. The second-order valence-corrected chi connectivity index (χ2v) is 5.10. The zero-order valence-corrected chi connectivity index (χ0v) is 12.0. The molecular weight excluding hydrogens is 246 g/mol. The van der Waals surface area contributed by atoms with Gasteiger partial charge in [0.2, 0.25) is 0 Å². The lowest BCUT2D eigenvalue weighted by Crippen LogP contribution is -2.33. The van der Waals surface area contributed by atoms with Crippen LogP contribution in [0.15, 0.2) is 22.5 Å². The van der Waals surface area contributed by atoms with Gasteiger partial charge in [-0.25, -0.2) is 0 Å². The molecule has 4 nitrogen and oxygen atoms in total. The maximum Gasteiger partial charge on any atom is 0.188 e. The van der Waals surface area contributed by atoms with Crippen molar-refractivity contribution in [1.82, 2.24) is 5.32 Å².